The van der Waals surface area contributed by atoms with E-state index < -0.39 is 15.9 Å². The van der Waals surface area contributed by atoms with E-state index in [0.29, 0.717) is 23.6 Å². The van der Waals surface area contributed by atoms with Crippen molar-refractivity contribution in [1.82, 2.24) is 4.90 Å². The first-order valence-corrected chi connectivity index (χ1v) is 10.00. The highest BCUT2D eigenvalue weighted by molar-refractivity contribution is 7.91. The topological polar surface area (TPSA) is 57.6 Å². The SMILES string of the molecule is CCCCN(CC(O)c1ccccc1Cl)C1CCS(=O)(=O)C1. The van der Waals surface area contributed by atoms with Crippen molar-refractivity contribution in [3.8, 4) is 0 Å². The van der Waals surface area contributed by atoms with Crippen LogP contribution in [0.25, 0.3) is 0 Å². The van der Waals surface area contributed by atoms with Crippen molar-refractivity contribution in [1.29, 1.82) is 0 Å². The van der Waals surface area contributed by atoms with Crippen molar-refractivity contribution < 1.29 is 13.5 Å². The van der Waals surface area contributed by atoms with Gasteiger partial charge in [0.1, 0.15) is 0 Å². The maximum absolute atomic E-state index is 11.7. The molecule has 1 saturated heterocycles. The lowest BCUT2D eigenvalue weighted by molar-refractivity contribution is 0.0916. The summed E-state index contributed by atoms with van der Waals surface area (Å²) in [5, 5.41) is 11.0. The standard InChI is InChI=1S/C16H24ClNO3S/c1-2-3-9-18(13-8-10-22(20,21)12-13)11-16(19)14-6-4-5-7-15(14)17/h4-7,13,16,19H,2-3,8-12H2,1H3. The predicted molar refractivity (Wildman–Crippen MR) is 90.0 cm³/mol. The first-order chi connectivity index (χ1) is 10.4. The summed E-state index contributed by atoms with van der Waals surface area (Å²) in [6, 6.07) is 7.26. The van der Waals surface area contributed by atoms with Gasteiger partial charge >= 0.3 is 0 Å². The number of halogens is 1. The highest BCUT2D eigenvalue weighted by atomic mass is 35.5. The van der Waals surface area contributed by atoms with Crippen molar-refractivity contribution in [2.75, 3.05) is 24.6 Å². The maximum Gasteiger partial charge on any atom is 0.151 e. The van der Waals surface area contributed by atoms with Crippen LogP contribution in [0.2, 0.25) is 5.02 Å². The zero-order valence-corrected chi connectivity index (χ0v) is 14.5. The first kappa shape index (κ1) is 17.7. The van der Waals surface area contributed by atoms with E-state index >= 15 is 0 Å². The molecular formula is C16H24ClNO3S. The summed E-state index contributed by atoms with van der Waals surface area (Å²) < 4.78 is 23.4. The van der Waals surface area contributed by atoms with E-state index in [1.165, 1.54) is 0 Å². The molecule has 0 aromatic heterocycles. The minimum absolute atomic E-state index is 0.00804. The van der Waals surface area contributed by atoms with Crippen LogP contribution < -0.4 is 0 Å². The van der Waals surface area contributed by atoms with Gasteiger partial charge in [-0.05, 0) is 25.5 Å². The number of hydrogen-bond acceptors (Lipinski definition) is 4. The Morgan fingerprint density at radius 1 is 1.41 bits per heavy atom. The molecule has 1 heterocycles. The largest absolute Gasteiger partial charge is 0.387 e. The molecule has 2 atom stereocenters. The smallest absolute Gasteiger partial charge is 0.151 e. The molecule has 1 aromatic rings. The third-order valence-corrected chi connectivity index (χ3v) is 6.29. The highest BCUT2D eigenvalue weighted by Gasteiger charge is 2.33. The molecule has 0 saturated carbocycles. The molecule has 4 nitrogen and oxygen atoms in total. The Labute approximate surface area is 138 Å². The van der Waals surface area contributed by atoms with E-state index in [4.69, 9.17) is 11.6 Å². The van der Waals surface area contributed by atoms with Crippen molar-refractivity contribution in [2.24, 2.45) is 0 Å². The zero-order chi connectivity index (χ0) is 16.2. The molecule has 1 N–H and O–H groups in total. The lowest BCUT2D eigenvalue weighted by Crippen LogP contribution is -2.39. The van der Waals surface area contributed by atoms with Gasteiger partial charge < -0.3 is 5.11 Å². The van der Waals surface area contributed by atoms with Crippen molar-refractivity contribution in [3.63, 3.8) is 0 Å². The fourth-order valence-electron chi connectivity index (χ4n) is 2.91. The van der Waals surface area contributed by atoms with Crippen LogP contribution in [0, 0.1) is 0 Å². The number of sulfone groups is 1. The second-order valence-corrected chi connectivity index (χ2v) is 8.58. The minimum atomic E-state index is -2.92. The Morgan fingerprint density at radius 2 is 2.14 bits per heavy atom. The van der Waals surface area contributed by atoms with Gasteiger partial charge in [-0.3, -0.25) is 4.90 Å². The Bertz CT molecular complexity index is 591. The minimum Gasteiger partial charge on any atom is -0.387 e. The molecule has 6 heteroatoms. The number of aliphatic hydroxyl groups excluding tert-OH is 1. The molecule has 124 valence electrons. The average molecular weight is 346 g/mol. The molecule has 2 unspecified atom stereocenters. The lowest BCUT2D eigenvalue weighted by Gasteiger charge is -2.30. The van der Waals surface area contributed by atoms with Crippen LogP contribution in [0.3, 0.4) is 0 Å². The van der Waals surface area contributed by atoms with E-state index in [2.05, 4.69) is 11.8 Å². The van der Waals surface area contributed by atoms with E-state index in [0.717, 1.165) is 19.4 Å². The maximum atomic E-state index is 11.7. The van der Waals surface area contributed by atoms with Gasteiger partial charge in [-0.1, -0.05) is 43.1 Å². The van der Waals surface area contributed by atoms with Crippen molar-refractivity contribution in [3.05, 3.63) is 34.9 Å². The molecule has 0 spiro atoms. The van der Waals surface area contributed by atoms with Gasteiger partial charge in [0.25, 0.3) is 0 Å². The fourth-order valence-corrected chi connectivity index (χ4v) is 4.94. The number of unbranched alkanes of at least 4 members (excludes halogenated alkanes) is 1. The summed E-state index contributed by atoms with van der Waals surface area (Å²) in [7, 11) is -2.92. The summed E-state index contributed by atoms with van der Waals surface area (Å²) in [5.41, 5.74) is 0.700. The molecule has 0 radical (unpaired) electrons. The highest BCUT2D eigenvalue weighted by Crippen LogP contribution is 2.26. The quantitative estimate of drug-likeness (QED) is 0.825. The number of aliphatic hydroxyl groups is 1. The normalized spacial score (nSPS) is 22.1. The molecule has 0 amide bonds. The van der Waals surface area contributed by atoms with Crippen LogP contribution in [0.5, 0.6) is 0 Å². The summed E-state index contributed by atoms with van der Waals surface area (Å²) in [5.74, 6) is 0.453. The van der Waals surface area contributed by atoms with Crippen LogP contribution in [0.15, 0.2) is 24.3 Å². The molecule has 1 aliphatic rings. The van der Waals surface area contributed by atoms with Crippen molar-refractivity contribution >= 4 is 21.4 Å². The van der Waals surface area contributed by atoms with Crippen LogP contribution in [-0.2, 0) is 9.84 Å². The number of benzene rings is 1. The predicted octanol–water partition coefficient (Wildman–Crippen LogP) is 2.66. The molecule has 2 rings (SSSR count). The van der Waals surface area contributed by atoms with Crippen LogP contribution >= 0.6 is 11.6 Å². The van der Waals surface area contributed by atoms with E-state index in [1.54, 1.807) is 6.07 Å². The third-order valence-electron chi connectivity index (χ3n) is 4.20. The van der Waals surface area contributed by atoms with Crippen LogP contribution in [0.1, 0.15) is 37.9 Å². The van der Waals surface area contributed by atoms with E-state index in [1.807, 2.05) is 18.2 Å². The molecule has 22 heavy (non-hydrogen) atoms. The number of hydrogen-bond donors (Lipinski definition) is 1. The summed E-state index contributed by atoms with van der Waals surface area (Å²) >= 11 is 6.14. The van der Waals surface area contributed by atoms with Gasteiger partial charge in [-0.2, -0.15) is 0 Å². The average Bonchev–Trinajstić information content (AvgIpc) is 2.83. The Hall–Kier alpha value is -0.620. The number of nitrogens with zero attached hydrogens (tertiary/aromatic N) is 1. The van der Waals surface area contributed by atoms with E-state index in [-0.39, 0.29) is 17.5 Å². The second kappa shape index (κ2) is 7.77. The van der Waals surface area contributed by atoms with Gasteiger partial charge in [-0.25, -0.2) is 8.42 Å². The zero-order valence-electron chi connectivity index (χ0n) is 12.9. The van der Waals surface area contributed by atoms with Gasteiger partial charge in [0.15, 0.2) is 9.84 Å². The number of rotatable bonds is 7. The first-order valence-electron chi connectivity index (χ1n) is 7.80. The summed E-state index contributed by atoms with van der Waals surface area (Å²) in [6.45, 7) is 3.33. The van der Waals surface area contributed by atoms with Crippen LogP contribution in [0.4, 0.5) is 0 Å². The third kappa shape index (κ3) is 4.69. The molecule has 1 fully saturated rings. The van der Waals surface area contributed by atoms with Gasteiger partial charge in [0, 0.05) is 23.2 Å². The Balaban J connectivity index is 2.08. The fraction of sp³-hybridized carbons (Fsp3) is 0.625. The molecule has 0 aliphatic carbocycles. The van der Waals surface area contributed by atoms with Gasteiger partial charge in [-0.15, -0.1) is 0 Å². The molecule has 1 aliphatic heterocycles. The van der Waals surface area contributed by atoms with Crippen molar-refractivity contribution in [2.45, 2.75) is 38.3 Å². The van der Waals surface area contributed by atoms with Gasteiger partial charge in [0.05, 0.1) is 17.6 Å². The lowest BCUT2D eigenvalue weighted by atomic mass is 10.1. The molecule has 0 bridgehead atoms. The van der Waals surface area contributed by atoms with Crippen LogP contribution in [-0.4, -0.2) is 49.1 Å². The second-order valence-electron chi connectivity index (χ2n) is 5.94. The summed E-state index contributed by atoms with van der Waals surface area (Å²) in [6.07, 6.45) is 1.99. The summed E-state index contributed by atoms with van der Waals surface area (Å²) in [4.78, 5) is 2.11. The Morgan fingerprint density at radius 3 is 2.73 bits per heavy atom. The molecule has 1 aromatic carbocycles. The molecular weight excluding hydrogens is 322 g/mol. The van der Waals surface area contributed by atoms with E-state index in [9.17, 15) is 13.5 Å². The Kier molecular flexibility index (Phi) is 6.26. The monoisotopic (exact) mass is 345 g/mol. The van der Waals surface area contributed by atoms with Gasteiger partial charge in [0.2, 0.25) is 0 Å².